The monoisotopic (exact) mass is 535 g/mol. The second kappa shape index (κ2) is 10.2. The van der Waals surface area contributed by atoms with Gasteiger partial charge in [-0.2, -0.15) is 0 Å². The third-order valence-corrected chi connectivity index (χ3v) is 9.32. The number of amides is 1. The van der Waals surface area contributed by atoms with Gasteiger partial charge in [-0.3, -0.25) is 9.78 Å². The van der Waals surface area contributed by atoms with Gasteiger partial charge in [0.15, 0.2) is 9.84 Å². The molecule has 4 aromatic rings. The van der Waals surface area contributed by atoms with E-state index in [4.69, 9.17) is 9.97 Å². The zero-order valence-corrected chi connectivity index (χ0v) is 22.6. The van der Waals surface area contributed by atoms with Crippen LogP contribution in [-0.2, 0) is 16.4 Å². The number of thiophene rings is 1. The summed E-state index contributed by atoms with van der Waals surface area (Å²) in [4.78, 5) is 29.4. The average molecular weight is 536 g/mol. The van der Waals surface area contributed by atoms with E-state index in [1.807, 2.05) is 30.3 Å². The van der Waals surface area contributed by atoms with Gasteiger partial charge in [-0.05, 0) is 60.7 Å². The summed E-state index contributed by atoms with van der Waals surface area (Å²) in [6.07, 6.45) is 4.11. The first-order valence-corrected chi connectivity index (χ1v) is 14.9. The number of carbonyl (C=O) groups is 1. The van der Waals surface area contributed by atoms with Crippen LogP contribution in [0.15, 0.2) is 58.9 Å². The van der Waals surface area contributed by atoms with E-state index in [2.05, 4.69) is 35.1 Å². The molecule has 0 radical (unpaired) electrons. The van der Waals surface area contributed by atoms with Crippen molar-refractivity contribution < 1.29 is 13.2 Å². The van der Waals surface area contributed by atoms with E-state index in [0.717, 1.165) is 58.8 Å². The lowest BCUT2D eigenvalue weighted by Crippen LogP contribution is -2.39. The largest absolute Gasteiger partial charge is 0.356 e. The summed E-state index contributed by atoms with van der Waals surface area (Å²) in [6.45, 7) is 6.80. The zero-order chi connectivity index (χ0) is 26.2. The molecule has 8 nitrogen and oxygen atoms in total. The number of nitrogens with zero attached hydrogens (tertiary/aromatic N) is 4. The Kier molecular flexibility index (Phi) is 6.96. The van der Waals surface area contributed by atoms with E-state index in [1.165, 1.54) is 18.6 Å². The van der Waals surface area contributed by atoms with Crippen molar-refractivity contribution in [2.24, 2.45) is 11.8 Å². The normalized spacial score (nSPS) is 18.2. The van der Waals surface area contributed by atoms with Gasteiger partial charge >= 0.3 is 0 Å². The fraction of sp³-hybridized carbons (Fsp3) is 0.333. The number of hydrogen-bond acceptors (Lipinski definition) is 8. The summed E-state index contributed by atoms with van der Waals surface area (Å²) >= 11 is 0.953. The molecule has 1 amide bonds. The standard InChI is InChI=1S/C27H29N5O3S2/c1-17-11-18(2)16-32(15-17)25-6-4-5-21(31-25)22-8-7-19-13-28-20(12-23(19)30-22)14-29-27(33)24-9-10-26(36-24)37(3,34)35/h4-10,12-13,17-18H,11,14-16H2,1-3H3,(H,29,33)/t17-,18+. The van der Waals surface area contributed by atoms with Crippen molar-refractivity contribution >= 4 is 43.8 Å². The van der Waals surface area contributed by atoms with Crippen molar-refractivity contribution in [3.63, 3.8) is 0 Å². The molecule has 4 aromatic heterocycles. The summed E-state index contributed by atoms with van der Waals surface area (Å²) < 4.78 is 23.5. The number of piperidine rings is 1. The summed E-state index contributed by atoms with van der Waals surface area (Å²) in [5, 5.41) is 3.70. The van der Waals surface area contributed by atoms with E-state index in [9.17, 15) is 13.2 Å². The van der Waals surface area contributed by atoms with Crippen LogP contribution in [0.5, 0.6) is 0 Å². The van der Waals surface area contributed by atoms with Gasteiger partial charge < -0.3 is 10.2 Å². The third kappa shape index (κ3) is 5.80. The molecule has 0 aliphatic carbocycles. The Labute approximate surface area is 220 Å². The molecule has 1 N–H and O–H groups in total. The minimum Gasteiger partial charge on any atom is -0.356 e. The van der Waals surface area contributed by atoms with Crippen molar-refractivity contribution in [1.82, 2.24) is 20.3 Å². The number of nitrogens with one attached hydrogen (secondary N) is 1. The highest BCUT2D eigenvalue weighted by Crippen LogP contribution is 2.27. The molecule has 192 valence electrons. The minimum absolute atomic E-state index is 0.167. The van der Waals surface area contributed by atoms with Gasteiger partial charge in [0.25, 0.3) is 5.91 Å². The van der Waals surface area contributed by atoms with Crippen LogP contribution in [0.1, 0.15) is 35.6 Å². The maximum absolute atomic E-state index is 12.5. The van der Waals surface area contributed by atoms with Crippen LogP contribution < -0.4 is 10.2 Å². The Morgan fingerprint density at radius 2 is 1.81 bits per heavy atom. The van der Waals surface area contributed by atoms with Gasteiger partial charge in [0, 0.05) is 30.9 Å². The van der Waals surface area contributed by atoms with Gasteiger partial charge in [-0.25, -0.2) is 18.4 Å². The Morgan fingerprint density at radius 3 is 2.54 bits per heavy atom. The molecular weight excluding hydrogens is 506 g/mol. The number of rotatable bonds is 6. The van der Waals surface area contributed by atoms with E-state index in [0.29, 0.717) is 22.4 Å². The molecule has 0 bridgehead atoms. The molecule has 5 rings (SSSR count). The Balaban J connectivity index is 1.33. The smallest absolute Gasteiger partial charge is 0.261 e. The number of carbonyl (C=O) groups excluding carboxylic acids is 1. The molecule has 0 saturated carbocycles. The molecule has 1 aliphatic rings. The number of hydrogen-bond donors (Lipinski definition) is 1. The molecule has 0 aromatic carbocycles. The summed E-state index contributed by atoms with van der Waals surface area (Å²) in [6, 6.07) is 14.8. The highest BCUT2D eigenvalue weighted by molar-refractivity contribution is 7.92. The van der Waals surface area contributed by atoms with Gasteiger partial charge in [0.05, 0.1) is 34.0 Å². The van der Waals surface area contributed by atoms with Crippen LogP contribution in [0, 0.1) is 11.8 Å². The molecule has 0 unspecified atom stereocenters. The van der Waals surface area contributed by atoms with Crippen LogP contribution in [0.2, 0.25) is 0 Å². The van der Waals surface area contributed by atoms with Crippen molar-refractivity contribution in [3.05, 3.63) is 65.3 Å². The summed E-state index contributed by atoms with van der Waals surface area (Å²) in [5.41, 5.74) is 3.01. The number of sulfone groups is 1. The highest BCUT2D eigenvalue weighted by atomic mass is 32.2. The number of fused-ring (bicyclic) bond motifs is 1. The quantitative estimate of drug-likeness (QED) is 0.386. The third-order valence-electron chi connectivity index (χ3n) is 6.42. The maximum Gasteiger partial charge on any atom is 0.261 e. The van der Waals surface area contributed by atoms with E-state index in [1.54, 1.807) is 6.20 Å². The second-order valence-corrected chi connectivity index (χ2v) is 13.2. The van der Waals surface area contributed by atoms with Crippen molar-refractivity contribution in [3.8, 4) is 11.4 Å². The van der Waals surface area contributed by atoms with Crippen molar-refractivity contribution in [2.75, 3.05) is 24.2 Å². The number of aromatic nitrogens is 3. The highest BCUT2D eigenvalue weighted by Gasteiger charge is 2.23. The predicted octanol–water partition coefficient (Wildman–Crippen LogP) is 4.57. The van der Waals surface area contributed by atoms with E-state index < -0.39 is 9.84 Å². The van der Waals surface area contributed by atoms with E-state index >= 15 is 0 Å². The van der Waals surface area contributed by atoms with Gasteiger partial charge in [0.2, 0.25) is 0 Å². The van der Waals surface area contributed by atoms with Gasteiger partial charge in [-0.15, -0.1) is 11.3 Å². The van der Waals surface area contributed by atoms with Crippen LogP contribution in [0.4, 0.5) is 5.82 Å². The molecule has 1 saturated heterocycles. The van der Waals surface area contributed by atoms with Crippen LogP contribution >= 0.6 is 11.3 Å². The first kappa shape index (κ1) is 25.3. The lowest BCUT2D eigenvalue weighted by Gasteiger charge is -2.35. The molecule has 1 fully saturated rings. The zero-order valence-electron chi connectivity index (χ0n) is 21.0. The molecular formula is C27H29N5O3S2. The van der Waals surface area contributed by atoms with Gasteiger partial charge in [0.1, 0.15) is 10.0 Å². The van der Waals surface area contributed by atoms with Crippen LogP contribution in [0.3, 0.4) is 0 Å². The first-order valence-electron chi connectivity index (χ1n) is 12.2. The molecule has 37 heavy (non-hydrogen) atoms. The topological polar surface area (TPSA) is 105 Å². The molecule has 2 atom stereocenters. The van der Waals surface area contributed by atoms with Crippen LogP contribution in [0.25, 0.3) is 22.3 Å². The van der Waals surface area contributed by atoms with Crippen molar-refractivity contribution in [1.29, 1.82) is 0 Å². The average Bonchev–Trinajstić information content (AvgIpc) is 3.38. The Bertz CT molecular complexity index is 1560. The Hall–Kier alpha value is -3.37. The van der Waals surface area contributed by atoms with Crippen LogP contribution in [-0.4, -0.2) is 48.6 Å². The lowest BCUT2D eigenvalue weighted by atomic mass is 9.92. The lowest BCUT2D eigenvalue weighted by molar-refractivity contribution is 0.0954. The number of pyridine rings is 3. The first-order chi connectivity index (χ1) is 17.7. The second-order valence-electron chi connectivity index (χ2n) is 9.87. The van der Waals surface area contributed by atoms with Gasteiger partial charge in [-0.1, -0.05) is 19.9 Å². The minimum atomic E-state index is -3.34. The fourth-order valence-corrected chi connectivity index (χ4v) is 6.63. The molecule has 10 heteroatoms. The van der Waals surface area contributed by atoms with E-state index in [-0.39, 0.29) is 16.7 Å². The molecule has 0 spiro atoms. The summed E-state index contributed by atoms with van der Waals surface area (Å²) in [7, 11) is -3.34. The SMILES string of the molecule is C[C@@H]1C[C@H](C)CN(c2cccc(-c3ccc4cnc(CNC(=O)c5ccc(S(C)(=O)=O)s5)cc4n3)n2)C1. The Morgan fingerprint density at radius 1 is 1.05 bits per heavy atom. The molecule has 5 heterocycles. The predicted molar refractivity (Wildman–Crippen MR) is 147 cm³/mol. The fourth-order valence-electron chi connectivity index (χ4n) is 4.79. The molecule has 1 aliphatic heterocycles. The van der Waals surface area contributed by atoms with Crippen molar-refractivity contribution in [2.45, 2.75) is 31.0 Å². The number of anilines is 1. The summed E-state index contributed by atoms with van der Waals surface area (Å²) in [5.74, 6) is 1.91. The maximum atomic E-state index is 12.5.